The molecule has 2 aromatic carbocycles. The third-order valence-electron chi connectivity index (χ3n) is 3.51. The minimum absolute atomic E-state index is 0.0793. The molecule has 0 unspecified atom stereocenters. The first-order valence-corrected chi connectivity index (χ1v) is 6.96. The van der Waals surface area contributed by atoms with E-state index in [0.717, 1.165) is 12.1 Å². The molecule has 0 saturated heterocycles. The zero-order valence-corrected chi connectivity index (χ0v) is 12.7. The quantitative estimate of drug-likeness (QED) is 0.874. The van der Waals surface area contributed by atoms with Crippen molar-refractivity contribution in [3.63, 3.8) is 0 Å². The number of hydrogen-bond acceptors (Lipinski definition) is 3. The standard InChI is InChI=1S/C17H15F3O4/c1-24-15-5-2-10(7-16(22)23)6-14(15)13-4-3-12(17(18,19)20)8-11(13)9-21/h2-6,8,21H,7,9H2,1H3,(H,22,23). The van der Waals surface area contributed by atoms with E-state index in [1.54, 1.807) is 12.1 Å². The molecule has 128 valence electrons. The van der Waals surface area contributed by atoms with Gasteiger partial charge in [0.15, 0.2) is 0 Å². The average Bonchev–Trinajstić information content (AvgIpc) is 2.52. The van der Waals surface area contributed by atoms with Crippen LogP contribution < -0.4 is 4.74 Å². The lowest BCUT2D eigenvalue weighted by atomic mass is 9.95. The number of carboxylic acids is 1. The van der Waals surface area contributed by atoms with Gasteiger partial charge in [-0.3, -0.25) is 4.79 Å². The maximum Gasteiger partial charge on any atom is 0.416 e. The van der Waals surface area contributed by atoms with E-state index in [-0.39, 0.29) is 12.0 Å². The number of benzene rings is 2. The number of methoxy groups -OCH3 is 1. The fourth-order valence-electron chi connectivity index (χ4n) is 2.41. The average molecular weight is 340 g/mol. The van der Waals surface area contributed by atoms with Crippen molar-refractivity contribution in [2.45, 2.75) is 19.2 Å². The van der Waals surface area contributed by atoms with Crippen LogP contribution in [0.5, 0.6) is 5.75 Å². The molecule has 0 heterocycles. The van der Waals surface area contributed by atoms with Gasteiger partial charge in [0.25, 0.3) is 0 Å². The largest absolute Gasteiger partial charge is 0.496 e. The van der Waals surface area contributed by atoms with Gasteiger partial charge in [-0.2, -0.15) is 13.2 Å². The van der Waals surface area contributed by atoms with Crippen molar-refractivity contribution >= 4 is 5.97 Å². The van der Waals surface area contributed by atoms with Crippen molar-refractivity contribution < 1.29 is 32.9 Å². The predicted molar refractivity (Wildman–Crippen MR) is 80.7 cm³/mol. The van der Waals surface area contributed by atoms with E-state index in [1.165, 1.54) is 19.2 Å². The molecule has 0 atom stereocenters. The first-order chi connectivity index (χ1) is 11.3. The molecule has 0 amide bonds. The molecule has 2 N–H and O–H groups in total. The molecule has 0 saturated carbocycles. The van der Waals surface area contributed by atoms with Gasteiger partial charge in [-0.25, -0.2) is 0 Å². The second-order valence-electron chi connectivity index (χ2n) is 5.13. The summed E-state index contributed by atoms with van der Waals surface area (Å²) in [6.07, 6.45) is -4.75. The molecule has 0 spiro atoms. The van der Waals surface area contributed by atoms with E-state index < -0.39 is 24.3 Å². The summed E-state index contributed by atoms with van der Waals surface area (Å²) in [5.74, 6) is -0.653. The van der Waals surface area contributed by atoms with Crippen LogP contribution in [0.3, 0.4) is 0 Å². The Balaban J connectivity index is 2.59. The monoisotopic (exact) mass is 340 g/mol. The van der Waals surface area contributed by atoms with Gasteiger partial charge in [0, 0.05) is 5.56 Å². The number of halogens is 3. The molecule has 2 aromatic rings. The second kappa shape index (κ2) is 6.92. The molecule has 0 bridgehead atoms. The molecule has 0 aliphatic rings. The third-order valence-corrected chi connectivity index (χ3v) is 3.51. The van der Waals surface area contributed by atoms with Gasteiger partial charge in [-0.1, -0.05) is 12.1 Å². The van der Waals surface area contributed by atoms with Gasteiger partial charge >= 0.3 is 12.1 Å². The highest BCUT2D eigenvalue weighted by Crippen LogP contribution is 2.37. The van der Waals surface area contributed by atoms with E-state index >= 15 is 0 Å². The lowest BCUT2D eigenvalue weighted by Crippen LogP contribution is -2.06. The van der Waals surface area contributed by atoms with Gasteiger partial charge in [0.1, 0.15) is 5.75 Å². The number of carboxylic acid groups (broad SMARTS) is 1. The lowest BCUT2D eigenvalue weighted by Gasteiger charge is -2.15. The van der Waals surface area contributed by atoms with Gasteiger partial charge < -0.3 is 14.9 Å². The zero-order chi connectivity index (χ0) is 17.9. The summed E-state index contributed by atoms with van der Waals surface area (Å²) in [5.41, 5.74) is 0.470. The highest BCUT2D eigenvalue weighted by Gasteiger charge is 2.31. The Morgan fingerprint density at radius 2 is 1.83 bits per heavy atom. The Labute approximate surface area is 136 Å². The van der Waals surface area contributed by atoms with Gasteiger partial charge in [0.2, 0.25) is 0 Å². The smallest absolute Gasteiger partial charge is 0.416 e. The van der Waals surface area contributed by atoms with Crippen LogP contribution in [-0.2, 0) is 24.0 Å². The third kappa shape index (κ3) is 3.86. The Kier molecular flexibility index (Phi) is 5.14. The lowest BCUT2D eigenvalue weighted by molar-refractivity contribution is -0.138. The molecule has 0 aromatic heterocycles. The zero-order valence-electron chi connectivity index (χ0n) is 12.7. The minimum atomic E-state index is -4.52. The molecule has 0 fully saturated rings. The highest BCUT2D eigenvalue weighted by atomic mass is 19.4. The van der Waals surface area contributed by atoms with Crippen molar-refractivity contribution in [3.8, 4) is 16.9 Å². The van der Waals surface area contributed by atoms with E-state index in [4.69, 9.17) is 9.84 Å². The molecule has 24 heavy (non-hydrogen) atoms. The number of aliphatic hydroxyl groups excluding tert-OH is 1. The van der Waals surface area contributed by atoms with E-state index in [1.807, 2.05) is 0 Å². The van der Waals surface area contributed by atoms with Crippen molar-refractivity contribution in [2.75, 3.05) is 7.11 Å². The number of aliphatic carboxylic acids is 1. The summed E-state index contributed by atoms with van der Waals surface area (Å²) >= 11 is 0. The molecule has 0 aliphatic heterocycles. The Morgan fingerprint density at radius 3 is 2.38 bits per heavy atom. The minimum Gasteiger partial charge on any atom is -0.496 e. The van der Waals surface area contributed by atoms with Gasteiger partial charge in [-0.05, 0) is 41.0 Å². The Bertz CT molecular complexity index is 754. The molecular formula is C17H15F3O4. The SMILES string of the molecule is COc1ccc(CC(=O)O)cc1-c1ccc(C(F)(F)F)cc1CO. The molecule has 0 radical (unpaired) electrons. The van der Waals surface area contributed by atoms with Crippen LogP contribution in [0.2, 0.25) is 0 Å². The number of aliphatic hydroxyl groups is 1. The van der Waals surface area contributed by atoms with E-state index in [9.17, 15) is 23.1 Å². The van der Waals surface area contributed by atoms with Gasteiger partial charge in [0.05, 0.1) is 25.7 Å². The van der Waals surface area contributed by atoms with Crippen LogP contribution >= 0.6 is 0 Å². The highest BCUT2D eigenvalue weighted by molar-refractivity contribution is 5.77. The first kappa shape index (κ1) is 17.8. The normalized spacial score (nSPS) is 11.4. The van der Waals surface area contributed by atoms with Crippen LogP contribution in [-0.4, -0.2) is 23.3 Å². The van der Waals surface area contributed by atoms with Crippen molar-refractivity contribution in [2.24, 2.45) is 0 Å². The Morgan fingerprint density at radius 1 is 1.12 bits per heavy atom. The van der Waals surface area contributed by atoms with Crippen LogP contribution in [0.15, 0.2) is 36.4 Å². The summed E-state index contributed by atoms with van der Waals surface area (Å²) in [6.45, 7) is -0.592. The van der Waals surface area contributed by atoms with E-state index in [0.29, 0.717) is 22.4 Å². The first-order valence-electron chi connectivity index (χ1n) is 6.96. The van der Waals surface area contributed by atoms with Crippen molar-refractivity contribution in [1.82, 2.24) is 0 Å². The summed E-state index contributed by atoms with van der Waals surface area (Å²) in [5, 5.41) is 18.3. The van der Waals surface area contributed by atoms with Crippen LogP contribution in [0.4, 0.5) is 13.2 Å². The maximum atomic E-state index is 12.8. The van der Waals surface area contributed by atoms with Gasteiger partial charge in [-0.15, -0.1) is 0 Å². The maximum absolute atomic E-state index is 12.8. The second-order valence-corrected chi connectivity index (χ2v) is 5.13. The summed E-state index contributed by atoms with van der Waals surface area (Å²) in [7, 11) is 1.40. The van der Waals surface area contributed by atoms with Crippen molar-refractivity contribution in [3.05, 3.63) is 53.1 Å². The van der Waals surface area contributed by atoms with Crippen molar-refractivity contribution in [1.29, 1.82) is 0 Å². The summed E-state index contributed by atoms with van der Waals surface area (Å²) in [4.78, 5) is 10.9. The molecule has 0 aliphatic carbocycles. The number of alkyl halides is 3. The molecule has 2 rings (SSSR count). The number of hydrogen-bond donors (Lipinski definition) is 2. The molecular weight excluding hydrogens is 325 g/mol. The topological polar surface area (TPSA) is 66.8 Å². The fourth-order valence-corrected chi connectivity index (χ4v) is 2.41. The number of ether oxygens (including phenoxy) is 1. The number of carbonyl (C=O) groups is 1. The predicted octanol–water partition coefficient (Wildman–Crippen LogP) is 3.50. The molecule has 7 heteroatoms. The Hall–Kier alpha value is -2.54. The summed E-state index contributed by atoms with van der Waals surface area (Å²) in [6, 6.07) is 7.69. The number of rotatable bonds is 5. The van der Waals surface area contributed by atoms with Crippen LogP contribution in [0.25, 0.3) is 11.1 Å². The summed E-state index contributed by atoms with van der Waals surface area (Å²) < 4.78 is 43.7. The van der Waals surface area contributed by atoms with E-state index in [2.05, 4.69) is 0 Å². The van der Waals surface area contributed by atoms with Crippen LogP contribution in [0, 0.1) is 0 Å². The molecule has 4 nitrogen and oxygen atoms in total. The van der Waals surface area contributed by atoms with Crippen LogP contribution in [0.1, 0.15) is 16.7 Å². The fraction of sp³-hybridized carbons (Fsp3) is 0.235.